The maximum absolute atomic E-state index is 10.0. The lowest BCUT2D eigenvalue weighted by Crippen LogP contribution is -2.33. The Bertz CT molecular complexity index is 1110. The minimum absolute atomic E-state index is 0.384. The fourth-order valence-electron chi connectivity index (χ4n) is 3.93. The molecule has 0 aromatic carbocycles. The number of hydrogen-bond acceptors (Lipinski definition) is 7. The van der Waals surface area contributed by atoms with Crippen LogP contribution in [0.5, 0.6) is 0 Å². The topological polar surface area (TPSA) is 92.0 Å². The summed E-state index contributed by atoms with van der Waals surface area (Å²) in [5.41, 5.74) is 6.74. The lowest BCUT2D eigenvalue weighted by molar-refractivity contribution is 0.0943. The number of rotatable bonds is 5. The molecule has 2 N–H and O–H groups in total. The number of fused-ring (bicyclic) bond motifs is 1. The molecule has 0 saturated heterocycles. The van der Waals surface area contributed by atoms with Crippen LogP contribution in [0.2, 0.25) is 0 Å². The van der Waals surface area contributed by atoms with E-state index in [4.69, 9.17) is 9.97 Å². The summed E-state index contributed by atoms with van der Waals surface area (Å²) in [6.45, 7) is 11.6. The van der Waals surface area contributed by atoms with E-state index in [-0.39, 0.29) is 0 Å². The third kappa shape index (κ3) is 4.54. The molecule has 1 aliphatic rings. The Morgan fingerprint density at radius 1 is 1.16 bits per heavy atom. The molecule has 0 unspecified atom stereocenters. The van der Waals surface area contributed by atoms with E-state index in [1.165, 1.54) is 5.56 Å². The number of aliphatic hydroxyl groups is 1. The van der Waals surface area contributed by atoms with Crippen molar-refractivity contribution in [3.05, 3.63) is 46.7 Å². The second-order valence-electron chi connectivity index (χ2n) is 9.05. The van der Waals surface area contributed by atoms with Crippen molar-refractivity contribution in [2.45, 2.75) is 53.2 Å². The highest BCUT2D eigenvalue weighted by Crippen LogP contribution is 2.30. The first-order chi connectivity index (χ1) is 14.6. The van der Waals surface area contributed by atoms with Gasteiger partial charge in [-0.25, -0.2) is 4.98 Å². The fourth-order valence-corrected chi connectivity index (χ4v) is 3.93. The van der Waals surface area contributed by atoms with E-state index in [1.807, 2.05) is 38.0 Å². The molecule has 3 aromatic heterocycles. The van der Waals surface area contributed by atoms with Crippen molar-refractivity contribution in [2.24, 2.45) is 7.05 Å². The zero-order valence-electron chi connectivity index (χ0n) is 19.2. The van der Waals surface area contributed by atoms with Gasteiger partial charge in [-0.05, 0) is 46.2 Å². The van der Waals surface area contributed by atoms with Crippen LogP contribution in [-0.4, -0.2) is 48.5 Å². The second-order valence-corrected chi connectivity index (χ2v) is 9.05. The molecule has 0 saturated carbocycles. The van der Waals surface area contributed by atoms with Gasteiger partial charge in [-0.1, -0.05) is 0 Å². The number of aryl methyl sites for hydroxylation is 3. The van der Waals surface area contributed by atoms with E-state index in [9.17, 15) is 5.11 Å². The standard InChI is InChI=1S/C23H31N7O/c1-14-15(2)26-22(25-13-23(4,5)31)27-21(14)30-8-7-20-18(11-30)9-17(10-24-20)19-12-29(6)28-16(19)3/h9-10,12,31H,7-8,11,13H2,1-6H3,(H,25,26,27). The van der Waals surface area contributed by atoms with Crippen molar-refractivity contribution in [1.82, 2.24) is 24.7 Å². The third-order valence-corrected chi connectivity index (χ3v) is 5.71. The zero-order valence-corrected chi connectivity index (χ0v) is 19.2. The Morgan fingerprint density at radius 2 is 1.94 bits per heavy atom. The average molecular weight is 422 g/mol. The minimum Gasteiger partial charge on any atom is -0.389 e. The summed E-state index contributed by atoms with van der Waals surface area (Å²) in [5.74, 6) is 1.48. The first kappa shape index (κ1) is 21.2. The first-order valence-corrected chi connectivity index (χ1v) is 10.7. The fraction of sp³-hybridized carbons (Fsp3) is 0.478. The lowest BCUT2D eigenvalue weighted by Gasteiger charge is -2.31. The van der Waals surface area contributed by atoms with Gasteiger partial charge in [-0.3, -0.25) is 9.67 Å². The van der Waals surface area contributed by atoms with Crippen LogP contribution < -0.4 is 10.2 Å². The summed E-state index contributed by atoms with van der Waals surface area (Å²) in [6, 6.07) is 2.23. The van der Waals surface area contributed by atoms with Crippen LogP contribution in [-0.2, 0) is 20.0 Å². The molecule has 1 aliphatic heterocycles. The van der Waals surface area contributed by atoms with Crippen LogP contribution in [0.15, 0.2) is 18.5 Å². The summed E-state index contributed by atoms with van der Waals surface area (Å²) in [4.78, 5) is 16.4. The number of hydrogen-bond donors (Lipinski definition) is 2. The quantitative estimate of drug-likeness (QED) is 0.654. The maximum atomic E-state index is 10.0. The predicted octanol–water partition coefficient (Wildman–Crippen LogP) is 2.94. The Labute approximate surface area is 183 Å². The molecule has 0 spiro atoms. The van der Waals surface area contributed by atoms with E-state index in [0.29, 0.717) is 12.5 Å². The molecule has 3 aromatic rings. The normalized spacial score (nSPS) is 14.0. The highest BCUT2D eigenvalue weighted by molar-refractivity contribution is 5.66. The molecule has 0 radical (unpaired) electrons. The van der Waals surface area contributed by atoms with Crippen molar-refractivity contribution in [3.8, 4) is 11.1 Å². The highest BCUT2D eigenvalue weighted by Gasteiger charge is 2.23. The van der Waals surface area contributed by atoms with Crippen LogP contribution in [0, 0.1) is 20.8 Å². The van der Waals surface area contributed by atoms with Gasteiger partial charge in [0.05, 0.1) is 11.3 Å². The lowest BCUT2D eigenvalue weighted by atomic mass is 10.0. The molecule has 31 heavy (non-hydrogen) atoms. The number of nitrogens with one attached hydrogen (secondary N) is 1. The molecular weight excluding hydrogens is 390 g/mol. The molecule has 4 heterocycles. The first-order valence-electron chi connectivity index (χ1n) is 10.7. The van der Waals surface area contributed by atoms with Gasteiger partial charge in [-0.15, -0.1) is 0 Å². The molecule has 164 valence electrons. The number of aromatic nitrogens is 5. The number of anilines is 2. The summed E-state index contributed by atoms with van der Waals surface area (Å²) >= 11 is 0. The van der Waals surface area contributed by atoms with Crippen LogP contribution in [0.1, 0.15) is 42.1 Å². The van der Waals surface area contributed by atoms with Crippen molar-refractivity contribution >= 4 is 11.8 Å². The molecule has 0 amide bonds. The van der Waals surface area contributed by atoms with Crippen molar-refractivity contribution < 1.29 is 5.11 Å². The molecule has 0 aliphatic carbocycles. The summed E-state index contributed by atoms with van der Waals surface area (Å²) < 4.78 is 1.84. The SMILES string of the molecule is Cc1nn(C)cc1-c1cnc2c(c1)CN(c1nc(NCC(C)(C)O)nc(C)c1C)CC2. The van der Waals surface area contributed by atoms with Crippen LogP contribution in [0.25, 0.3) is 11.1 Å². The van der Waals surface area contributed by atoms with Crippen LogP contribution in [0.3, 0.4) is 0 Å². The minimum atomic E-state index is -0.834. The van der Waals surface area contributed by atoms with Gasteiger partial charge in [0.25, 0.3) is 0 Å². The highest BCUT2D eigenvalue weighted by atomic mass is 16.3. The van der Waals surface area contributed by atoms with Crippen molar-refractivity contribution in [3.63, 3.8) is 0 Å². The molecule has 0 fully saturated rings. The van der Waals surface area contributed by atoms with Crippen LogP contribution in [0.4, 0.5) is 11.8 Å². The van der Waals surface area contributed by atoms with Gasteiger partial charge in [0, 0.05) is 73.6 Å². The summed E-state index contributed by atoms with van der Waals surface area (Å²) in [6.07, 6.45) is 4.87. The van der Waals surface area contributed by atoms with E-state index >= 15 is 0 Å². The molecule has 8 nitrogen and oxygen atoms in total. The van der Waals surface area contributed by atoms with Gasteiger partial charge >= 0.3 is 0 Å². The third-order valence-electron chi connectivity index (χ3n) is 5.71. The van der Waals surface area contributed by atoms with Gasteiger partial charge in [0.2, 0.25) is 5.95 Å². The molecule has 8 heteroatoms. The van der Waals surface area contributed by atoms with Gasteiger partial charge in [0.1, 0.15) is 5.82 Å². The van der Waals surface area contributed by atoms with Crippen molar-refractivity contribution in [1.29, 1.82) is 0 Å². The largest absolute Gasteiger partial charge is 0.389 e. The number of pyridine rings is 1. The molecular formula is C23H31N7O. The van der Waals surface area contributed by atoms with Gasteiger partial charge < -0.3 is 15.3 Å². The Morgan fingerprint density at radius 3 is 2.61 bits per heavy atom. The molecule has 4 rings (SSSR count). The smallest absolute Gasteiger partial charge is 0.224 e. The van der Waals surface area contributed by atoms with Gasteiger partial charge in [0.15, 0.2) is 0 Å². The maximum Gasteiger partial charge on any atom is 0.224 e. The second kappa shape index (κ2) is 7.92. The summed E-state index contributed by atoms with van der Waals surface area (Å²) in [7, 11) is 1.94. The Balaban J connectivity index is 1.63. The average Bonchev–Trinajstić information content (AvgIpc) is 3.05. The molecule has 0 bridgehead atoms. The Kier molecular flexibility index (Phi) is 5.43. The summed E-state index contributed by atoms with van der Waals surface area (Å²) in [5, 5.41) is 17.7. The van der Waals surface area contributed by atoms with E-state index in [1.54, 1.807) is 13.8 Å². The number of nitrogens with zero attached hydrogens (tertiary/aromatic N) is 6. The monoisotopic (exact) mass is 421 g/mol. The van der Waals surface area contributed by atoms with Crippen molar-refractivity contribution in [2.75, 3.05) is 23.3 Å². The Hall–Kier alpha value is -3.00. The zero-order chi connectivity index (χ0) is 22.3. The van der Waals surface area contributed by atoms with E-state index < -0.39 is 5.60 Å². The molecule has 0 atom stereocenters. The van der Waals surface area contributed by atoms with Gasteiger partial charge in [-0.2, -0.15) is 10.1 Å². The van der Waals surface area contributed by atoms with E-state index in [2.05, 4.69) is 33.3 Å². The predicted molar refractivity (Wildman–Crippen MR) is 122 cm³/mol. The van der Waals surface area contributed by atoms with E-state index in [0.717, 1.165) is 59.1 Å². The van der Waals surface area contributed by atoms with Crippen LogP contribution >= 0.6 is 0 Å².